The van der Waals surface area contributed by atoms with E-state index >= 15 is 0 Å². The van der Waals surface area contributed by atoms with Crippen molar-refractivity contribution >= 4 is 0 Å². The van der Waals surface area contributed by atoms with Gasteiger partial charge in [-0.15, -0.1) is 0 Å². The van der Waals surface area contributed by atoms with Crippen molar-refractivity contribution in [3.63, 3.8) is 0 Å². The fourth-order valence-electron chi connectivity index (χ4n) is 1.95. The molecule has 1 aliphatic heterocycles. The maximum absolute atomic E-state index is 9.95. The van der Waals surface area contributed by atoms with Crippen LogP contribution in [-0.2, 0) is 20.6 Å². The van der Waals surface area contributed by atoms with Crippen LogP contribution in [0, 0.1) is 0 Å². The molecule has 5 nitrogen and oxygen atoms in total. The Balaban J connectivity index is 1.76. The van der Waals surface area contributed by atoms with Crippen molar-refractivity contribution in [3.8, 4) is 11.5 Å². The predicted octanol–water partition coefficient (Wildman–Crippen LogP) is 2.58. The van der Waals surface area contributed by atoms with Crippen molar-refractivity contribution in [2.75, 3.05) is 20.3 Å². The van der Waals surface area contributed by atoms with Crippen LogP contribution in [-0.4, -0.2) is 31.7 Å². The standard InChI is InChI=1S/C15H20O5/c1-17-7-8-18-13-6-5-12(14(16)11-13)3-2-4-15-19-9-10-20-15/h5-6,9-11,15-16H,2-4,7-8H2,1H3. The molecule has 1 aromatic carbocycles. The Morgan fingerprint density at radius 2 is 2.00 bits per heavy atom. The summed E-state index contributed by atoms with van der Waals surface area (Å²) in [5.41, 5.74) is 0.898. The van der Waals surface area contributed by atoms with Gasteiger partial charge in [0.1, 0.15) is 30.6 Å². The van der Waals surface area contributed by atoms with Gasteiger partial charge in [-0.25, -0.2) is 0 Å². The molecule has 1 aromatic rings. The monoisotopic (exact) mass is 280 g/mol. The Labute approximate surface area is 118 Å². The summed E-state index contributed by atoms with van der Waals surface area (Å²) in [6.45, 7) is 0.997. The number of phenolic OH excluding ortho intramolecular Hbond substituents is 1. The molecule has 1 heterocycles. The normalized spacial score (nSPS) is 14.1. The van der Waals surface area contributed by atoms with Crippen LogP contribution in [0.15, 0.2) is 30.7 Å². The number of ether oxygens (including phenoxy) is 4. The van der Waals surface area contributed by atoms with Crippen LogP contribution < -0.4 is 4.74 Å². The van der Waals surface area contributed by atoms with Crippen LogP contribution in [0.2, 0.25) is 0 Å². The Morgan fingerprint density at radius 3 is 2.70 bits per heavy atom. The lowest BCUT2D eigenvalue weighted by Gasteiger charge is -2.11. The quantitative estimate of drug-likeness (QED) is 0.742. The zero-order valence-electron chi connectivity index (χ0n) is 11.6. The van der Waals surface area contributed by atoms with E-state index in [4.69, 9.17) is 18.9 Å². The number of hydrogen-bond acceptors (Lipinski definition) is 5. The molecule has 0 aromatic heterocycles. The summed E-state index contributed by atoms with van der Waals surface area (Å²) in [7, 11) is 1.62. The summed E-state index contributed by atoms with van der Waals surface area (Å²) >= 11 is 0. The highest BCUT2D eigenvalue weighted by Gasteiger charge is 2.12. The van der Waals surface area contributed by atoms with Crippen molar-refractivity contribution in [1.29, 1.82) is 0 Å². The van der Waals surface area contributed by atoms with Gasteiger partial charge in [-0.1, -0.05) is 6.07 Å². The van der Waals surface area contributed by atoms with Crippen LogP contribution in [0.1, 0.15) is 18.4 Å². The van der Waals surface area contributed by atoms with Crippen molar-refractivity contribution < 1.29 is 24.1 Å². The molecule has 0 unspecified atom stereocenters. The van der Waals surface area contributed by atoms with Crippen molar-refractivity contribution in [2.45, 2.75) is 25.6 Å². The second-order valence-corrected chi connectivity index (χ2v) is 4.50. The van der Waals surface area contributed by atoms with Crippen molar-refractivity contribution in [3.05, 3.63) is 36.3 Å². The molecule has 20 heavy (non-hydrogen) atoms. The minimum absolute atomic E-state index is 0.186. The van der Waals surface area contributed by atoms with Gasteiger partial charge in [0.05, 0.1) is 6.61 Å². The molecule has 5 heteroatoms. The molecule has 0 bridgehead atoms. The number of benzene rings is 1. The Kier molecular flexibility index (Phi) is 5.55. The highest BCUT2D eigenvalue weighted by Crippen LogP contribution is 2.25. The second kappa shape index (κ2) is 7.65. The van der Waals surface area contributed by atoms with Gasteiger partial charge >= 0.3 is 0 Å². The molecule has 0 amide bonds. The first-order valence-electron chi connectivity index (χ1n) is 6.69. The van der Waals surface area contributed by atoms with E-state index in [0.717, 1.165) is 24.8 Å². The summed E-state index contributed by atoms with van der Waals surface area (Å²) in [5, 5.41) is 9.95. The molecular weight excluding hydrogens is 260 g/mol. The highest BCUT2D eigenvalue weighted by molar-refractivity contribution is 5.39. The summed E-state index contributed by atoms with van der Waals surface area (Å²) in [4.78, 5) is 0. The first-order valence-corrected chi connectivity index (χ1v) is 6.69. The van der Waals surface area contributed by atoms with Crippen LogP contribution in [0.25, 0.3) is 0 Å². The van der Waals surface area contributed by atoms with Gasteiger partial charge in [0.25, 0.3) is 0 Å². The maximum Gasteiger partial charge on any atom is 0.239 e. The van der Waals surface area contributed by atoms with Gasteiger partial charge in [-0.2, -0.15) is 0 Å². The van der Waals surface area contributed by atoms with Crippen LogP contribution in [0.4, 0.5) is 0 Å². The highest BCUT2D eigenvalue weighted by atomic mass is 16.7. The van der Waals surface area contributed by atoms with E-state index in [9.17, 15) is 5.11 Å². The van der Waals surface area contributed by atoms with E-state index in [1.54, 1.807) is 25.7 Å². The number of phenols is 1. The number of aryl methyl sites for hydroxylation is 1. The zero-order chi connectivity index (χ0) is 14.2. The van der Waals surface area contributed by atoms with E-state index in [1.165, 1.54) is 0 Å². The number of rotatable bonds is 8. The van der Waals surface area contributed by atoms with Crippen LogP contribution in [0.3, 0.4) is 0 Å². The Bertz CT molecular complexity index is 436. The molecule has 0 fully saturated rings. The largest absolute Gasteiger partial charge is 0.508 e. The van der Waals surface area contributed by atoms with E-state index in [-0.39, 0.29) is 12.0 Å². The average Bonchev–Trinajstić information content (AvgIpc) is 2.95. The molecule has 0 saturated carbocycles. The Hall–Kier alpha value is -1.88. The van der Waals surface area contributed by atoms with Gasteiger partial charge in [-0.3, -0.25) is 0 Å². The molecule has 110 valence electrons. The van der Waals surface area contributed by atoms with Gasteiger partial charge in [-0.05, 0) is 24.5 Å². The second-order valence-electron chi connectivity index (χ2n) is 4.50. The molecule has 0 atom stereocenters. The first-order chi connectivity index (χ1) is 9.79. The molecule has 0 saturated heterocycles. The predicted molar refractivity (Wildman–Crippen MR) is 73.5 cm³/mol. The summed E-state index contributed by atoms with van der Waals surface area (Å²) in [5.74, 6) is 0.904. The minimum Gasteiger partial charge on any atom is -0.508 e. The van der Waals surface area contributed by atoms with E-state index in [0.29, 0.717) is 19.0 Å². The SMILES string of the molecule is COCCOc1ccc(CCCC2OC=CO2)c(O)c1. The topological polar surface area (TPSA) is 57.2 Å². The minimum atomic E-state index is -0.186. The Morgan fingerprint density at radius 1 is 1.20 bits per heavy atom. The smallest absolute Gasteiger partial charge is 0.239 e. The summed E-state index contributed by atoms with van der Waals surface area (Å²) in [6, 6.07) is 5.37. The molecule has 1 N–H and O–H groups in total. The third kappa shape index (κ3) is 4.35. The molecule has 1 aliphatic rings. The number of methoxy groups -OCH3 is 1. The average molecular weight is 280 g/mol. The van der Waals surface area contributed by atoms with Gasteiger partial charge < -0.3 is 24.1 Å². The third-order valence-corrected chi connectivity index (χ3v) is 3.02. The number of aromatic hydroxyl groups is 1. The molecule has 2 rings (SSSR count). The van der Waals surface area contributed by atoms with Crippen LogP contribution in [0.5, 0.6) is 11.5 Å². The third-order valence-electron chi connectivity index (χ3n) is 3.02. The lowest BCUT2D eigenvalue weighted by molar-refractivity contribution is -0.0290. The number of hydrogen-bond donors (Lipinski definition) is 1. The molecule has 0 aliphatic carbocycles. The van der Waals surface area contributed by atoms with E-state index in [1.807, 2.05) is 12.1 Å². The van der Waals surface area contributed by atoms with E-state index < -0.39 is 0 Å². The van der Waals surface area contributed by atoms with Crippen molar-refractivity contribution in [1.82, 2.24) is 0 Å². The summed E-state index contributed by atoms with van der Waals surface area (Å²) < 4.78 is 20.7. The lowest BCUT2D eigenvalue weighted by atomic mass is 10.1. The maximum atomic E-state index is 9.95. The van der Waals surface area contributed by atoms with Crippen LogP contribution >= 0.6 is 0 Å². The lowest BCUT2D eigenvalue weighted by Crippen LogP contribution is -2.07. The van der Waals surface area contributed by atoms with Gasteiger partial charge in [0, 0.05) is 19.6 Å². The molecule has 0 spiro atoms. The van der Waals surface area contributed by atoms with Gasteiger partial charge in [0.2, 0.25) is 6.29 Å². The fraction of sp³-hybridized carbons (Fsp3) is 0.467. The van der Waals surface area contributed by atoms with E-state index in [2.05, 4.69) is 0 Å². The molecular formula is C15H20O5. The van der Waals surface area contributed by atoms with Crippen molar-refractivity contribution in [2.24, 2.45) is 0 Å². The summed E-state index contributed by atoms with van der Waals surface area (Å²) in [6.07, 6.45) is 5.35. The van der Waals surface area contributed by atoms with Gasteiger partial charge in [0.15, 0.2) is 0 Å². The first kappa shape index (κ1) is 14.5. The molecule has 0 radical (unpaired) electrons. The fourth-order valence-corrected chi connectivity index (χ4v) is 1.95. The zero-order valence-corrected chi connectivity index (χ0v) is 11.6.